The molecule has 1 N–H and O–H groups in total. The van der Waals surface area contributed by atoms with Crippen LogP contribution in [0.5, 0.6) is 0 Å². The van der Waals surface area contributed by atoms with Crippen molar-refractivity contribution in [1.29, 1.82) is 0 Å². The van der Waals surface area contributed by atoms with Gasteiger partial charge in [0, 0.05) is 17.2 Å². The highest BCUT2D eigenvalue weighted by molar-refractivity contribution is 8.14. The molecule has 0 spiro atoms. The van der Waals surface area contributed by atoms with Crippen LogP contribution in [0.3, 0.4) is 0 Å². The third-order valence-electron chi connectivity index (χ3n) is 4.48. The molecule has 1 aliphatic carbocycles. The van der Waals surface area contributed by atoms with Crippen LogP contribution < -0.4 is 5.32 Å². The predicted molar refractivity (Wildman–Crippen MR) is 83.9 cm³/mol. The number of benzene rings is 1. The Balaban J connectivity index is 1.63. The molecule has 102 valence electrons. The van der Waals surface area contributed by atoms with E-state index in [1.807, 2.05) is 11.8 Å². The summed E-state index contributed by atoms with van der Waals surface area (Å²) >= 11 is 1.90. The normalized spacial score (nSPS) is 30.3. The molecule has 1 saturated carbocycles. The van der Waals surface area contributed by atoms with Crippen molar-refractivity contribution in [2.45, 2.75) is 50.6 Å². The lowest BCUT2D eigenvalue weighted by atomic mass is 9.96. The molecule has 0 amide bonds. The number of thioether (sulfide) groups is 1. The van der Waals surface area contributed by atoms with E-state index in [-0.39, 0.29) is 0 Å². The maximum atomic E-state index is 4.91. The van der Waals surface area contributed by atoms with Gasteiger partial charge in [-0.15, -0.1) is 0 Å². The van der Waals surface area contributed by atoms with Crippen LogP contribution in [-0.4, -0.2) is 22.5 Å². The Kier molecular flexibility index (Phi) is 3.57. The van der Waals surface area contributed by atoms with E-state index in [1.165, 1.54) is 35.7 Å². The Hall–Kier alpha value is -0.960. The van der Waals surface area contributed by atoms with Crippen LogP contribution in [0.4, 0.5) is 0 Å². The number of nitrogens with one attached hydrogen (secondary N) is 1. The van der Waals surface area contributed by atoms with Gasteiger partial charge in [0.15, 0.2) is 5.17 Å². The van der Waals surface area contributed by atoms with Crippen molar-refractivity contribution in [3.05, 3.63) is 35.9 Å². The van der Waals surface area contributed by atoms with Crippen molar-refractivity contribution in [2.75, 3.05) is 5.75 Å². The summed E-state index contributed by atoms with van der Waals surface area (Å²) in [7, 11) is 0. The van der Waals surface area contributed by atoms with Crippen LogP contribution in [-0.2, 0) is 0 Å². The number of nitrogens with zero attached hydrogens (tertiary/aromatic N) is 1. The topological polar surface area (TPSA) is 24.4 Å². The minimum absolute atomic E-state index is 0.292. The van der Waals surface area contributed by atoms with Crippen LogP contribution in [0.15, 0.2) is 35.3 Å². The second-order valence-corrected chi connectivity index (χ2v) is 6.62. The molecule has 2 fully saturated rings. The Morgan fingerprint density at radius 1 is 1.26 bits per heavy atom. The first-order valence-corrected chi connectivity index (χ1v) is 8.28. The molecule has 2 atom stereocenters. The first kappa shape index (κ1) is 13.0. The number of hydrogen-bond donors (Lipinski definition) is 1. The standard InChI is InChI=1S/C16H22N2S/c1-3-16(4-2)11-19-15(18-16)17-14-10-13(14)12-8-6-5-7-9-12/h5-9,13-14H,3-4,10-11H2,1-2H3,(H,17,18). The molecular weight excluding hydrogens is 252 g/mol. The second kappa shape index (κ2) is 5.20. The molecule has 0 aromatic heterocycles. The van der Waals surface area contributed by atoms with Crippen LogP contribution in [0, 0.1) is 0 Å². The minimum Gasteiger partial charge on any atom is -0.359 e. The maximum Gasteiger partial charge on any atom is 0.157 e. The van der Waals surface area contributed by atoms with Crippen molar-refractivity contribution < 1.29 is 0 Å². The fraction of sp³-hybridized carbons (Fsp3) is 0.562. The van der Waals surface area contributed by atoms with Crippen LogP contribution >= 0.6 is 11.8 Å². The summed E-state index contributed by atoms with van der Waals surface area (Å²) in [4.78, 5) is 4.91. The zero-order valence-electron chi connectivity index (χ0n) is 11.7. The number of rotatable bonds is 4. The third-order valence-corrected chi connectivity index (χ3v) is 5.66. The smallest absolute Gasteiger partial charge is 0.157 e. The summed E-state index contributed by atoms with van der Waals surface area (Å²) in [6.07, 6.45) is 3.58. The highest BCUT2D eigenvalue weighted by atomic mass is 32.2. The monoisotopic (exact) mass is 274 g/mol. The van der Waals surface area contributed by atoms with Gasteiger partial charge in [0.05, 0.1) is 6.04 Å². The molecule has 3 heteroatoms. The van der Waals surface area contributed by atoms with Gasteiger partial charge >= 0.3 is 0 Å². The number of aliphatic imine (C=N–C) groups is 1. The summed E-state index contributed by atoms with van der Waals surface area (Å²) in [5, 5.41) is 4.83. The minimum atomic E-state index is 0.292. The fourth-order valence-electron chi connectivity index (χ4n) is 2.74. The molecule has 1 heterocycles. The molecule has 1 aromatic carbocycles. The van der Waals surface area contributed by atoms with E-state index < -0.39 is 0 Å². The van der Waals surface area contributed by atoms with Crippen molar-refractivity contribution in [1.82, 2.24) is 5.32 Å². The fourth-order valence-corrected chi connectivity index (χ4v) is 4.13. The van der Waals surface area contributed by atoms with E-state index in [0.29, 0.717) is 17.5 Å². The number of hydrogen-bond acceptors (Lipinski definition) is 2. The van der Waals surface area contributed by atoms with Crippen molar-refractivity contribution >= 4 is 16.9 Å². The maximum absolute atomic E-state index is 4.91. The summed E-state index contributed by atoms with van der Waals surface area (Å²) in [5.41, 5.74) is 1.73. The van der Waals surface area contributed by atoms with E-state index in [2.05, 4.69) is 49.5 Å². The van der Waals surface area contributed by atoms with Crippen LogP contribution in [0.2, 0.25) is 0 Å². The Morgan fingerprint density at radius 2 is 2.00 bits per heavy atom. The van der Waals surface area contributed by atoms with Crippen molar-refractivity contribution in [3.8, 4) is 0 Å². The average molecular weight is 274 g/mol. The lowest BCUT2D eigenvalue weighted by Crippen LogP contribution is -2.42. The van der Waals surface area contributed by atoms with Gasteiger partial charge in [-0.25, -0.2) is 0 Å². The van der Waals surface area contributed by atoms with Gasteiger partial charge in [-0.1, -0.05) is 55.9 Å². The largest absolute Gasteiger partial charge is 0.359 e. The zero-order valence-corrected chi connectivity index (χ0v) is 12.5. The van der Waals surface area contributed by atoms with Crippen LogP contribution in [0.25, 0.3) is 0 Å². The van der Waals surface area contributed by atoms with Gasteiger partial charge in [0.1, 0.15) is 0 Å². The molecule has 2 nitrogen and oxygen atoms in total. The van der Waals surface area contributed by atoms with Gasteiger partial charge < -0.3 is 5.32 Å². The molecule has 3 rings (SSSR count). The predicted octanol–water partition coefficient (Wildman–Crippen LogP) is 3.79. The summed E-state index contributed by atoms with van der Waals surface area (Å²) in [5.74, 6) is 1.82. The molecule has 0 bridgehead atoms. The zero-order chi connectivity index (χ0) is 13.3. The van der Waals surface area contributed by atoms with E-state index in [9.17, 15) is 0 Å². The van der Waals surface area contributed by atoms with Crippen molar-refractivity contribution in [2.24, 2.45) is 4.99 Å². The lowest BCUT2D eigenvalue weighted by Gasteiger charge is -2.25. The van der Waals surface area contributed by atoms with E-state index >= 15 is 0 Å². The highest BCUT2D eigenvalue weighted by Gasteiger charge is 2.40. The van der Waals surface area contributed by atoms with E-state index in [0.717, 1.165) is 0 Å². The second-order valence-electron chi connectivity index (χ2n) is 5.66. The first-order valence-electron chi connectivity index (χ1n) is 7.30. The quantitative estimate of drug-likeness (QED) is 0.903. The molecule has 2 aliphatic rings. The summed E-state index contributed by atoms with van der Waals surface area (Å²) in [6.45, 7) is 4.54. The van der Waals surface area contributed by atoms with E-state index in [4.69, 9.17) is 4.99 Å². The molecular formula is C16H22N2S. The summed E-state index contributed by atoms with van der Waals surface area (Å²) < 4.78 is 0. The van der Waals surface area contributed by atoms with E-state index in [1.54, 1.807) is 0 Å². The Bertz CT molecular complexity index is 465. The van der Waals surface area contributed by atoms with Gasteiger partial charge in [0.2, 0.25) is 0 Å². The van der Waals surface area contributed by atoms with Gasteiger partial charge in [0.25, 0.3) is 0 Å². The van der Waals surface area contributed by atoms with Gasteiger partial charge in [-0.05, 0) is 24.8 Å². The number of amidine groups is 1. The average Bonchev–Trinajstić information content (AvgIpc) is 3.11. The van der Waals surface area contributed by atoms with Crippen molar-refractivity contribution in [3.63, 3.8) is 0 Å². The third kappa shape index (κ3) is 2.66. The summed E-state index contributed by atoms with van der Waals surface area (Å²) in [6, 6.07) is 11.3. The van der Waals surface area contributed by atoms with Gasteiger partial charge in [-0.2, -0.15) is 0 Å². The van der Waals surface area contributed by atoms with Crippen LogP contribution in [0.1, 0.15) is 44.6 Å². The SMILES string of the molecule is CCC1(CC)CSC(=NC2CC2c2ccccc2)N1. The lowest BCUT2D eigenvalue weighted by molar-refractivity contribution is 0.407. The Morgan fingerprint density at radius 3 is 2.63 bits per heavy atom. The molecule has 1 aromatic rings. The van der Waals surface area contributed by atoms with Gasteiger partial charge in [-0.3, -0.25) is 4.99 Å². The molecule has 1 saturated heterocycles. The molecule has 1 aliphatic heterocycles. The molecule has 19 heavy (non-hydrogen) atoms. The Labute approximate surface area is 120 Å². The molecule has 2 unspecified atom stereocenters. The highest BCUT2D eigenvalue weighted by Crippen LogP contribution is 2.44. The molecule has 0 radical (unpaired) electrons. The first-order chi connectivity index (χ1) is 9.26.